The van der Waals surface area contributed by atoms with Crippen molar-refractivity contribution in [2.45, 2.75) is 59.2 Å². The summed E-state index contributed by atoms with van der Waals surface area (Å²) in [6.07, 6.45) is 1.21. The molecule has 0 radical (unpaired) electrons. The van der Waals surface area contributed by atoms with Crippen molar-refractivity contribution in [1.29, 1.82) is 0 Å². The normalized spacial score (nSPS) is 23.5. The van der Waals surface area contributed by atoms with Gasteiger partial charge in [0, 0.05) is 31.2 Å². The van der Waals surface area contributed by atoms with Crippen molar-refractivity contribution in [2.24, 2.45) is 0 Å². The summed E-state index contributed by atoms with van der Waals surface area (Å²) in [7, 11) is 0. The fourth-order valence-electron chi connectivity index (χ4n) is 2.81. The monoisotopic (exact) mass is 260 g/mol. The number of benzene rings is 1. The molecule has 2 heteroatoms. The minimum absolute atomic E-state index is 0.238. The Morgan fingerprint density at radius 3 is 2.74 bits per heavy atom. The quantitative estimate of drug-likeness (QED) is 0.897. The van der Waals surface area contributed by atoms with Gasteiger partial charge >= 0.3 is 0 Å². The van der Waals surface area contributed by atoms with Crippen molar-refractivity contribution in [3.05, 3.63) is 34.9 Å². The van der Waals surface area contributed by atoms with E-state index in [1.165, 1.54) is 23.1 Å². The van der Waals surface area contributed by atoms with Crippen molar-refractivity contribution in [1.82, 2.24) is 10.2 Å². The van der Waals surface area contributed by atoms with Gasteiger partial charge in [0.1, 0.15) is 0 Å². The SMILES string of the molecule is CCC1CN(Cc2cc(C)ccc2C)C(C)(C)CN1. The maximum absolute atomic E-state index is 3.66. The van der Waals surface area contributed by atoms with Crippen LogP contribution in [0.4, 0.5) is 0 Å². The van der Waals surface area contributed by atoms with Crippen molar-refractivity contribution in [3.63, 3.8) is 0 Å². The first kappa shape index (κ1) is 14.5. The van der Waals surface area contributed by atoms with Crippen LogP contribution in [0.5, 0.6) is 0 Å². The zero-order valence-corrected chi connectivity index (χ0v) is 13.1. The lowest BCUT2D eigenvalue weighted by molar-refractivity contribution is 0.0575. The molecule has 1 unspecified atom stereocenters. The Morgan fingerprint density at radius 1 is 1.32 bits per heavy atom. The number of nitrogens with one attached hydrogen (secondary N) is 1. The number of nitrogens with zero attached hydrogens (tertiary/aromatic N) is 1. The molecule has 1 aliphatic heterocycles. The van der Waals surface area contributed by atoms with E-state index in [4.69, 9.17) is 0 Å². The fourth-order valence-corrected chi connectivity index (χ4v) is 2.81. The van der Waals surface area contributed by atoms with Crippen molar-refractivity contribution in [2.75, 3.05) is 13.1 Å². The van der Waals surface area contributed by atoms with Crippen LogP contribution in [0.15, 0.2) is 18.2 Å². The molecule has 1 heterocycles. The van der Waals surface area contributed by atoms with Crippen LogP contribution in [0.2, 0.25) is 0 Å². The van der Waals surface area contributed by atoms with E-state index in [9.17, 15) is 0 Å². The summed E-state index contributed by atoms with van der Waals surface area (Å²) >= 11 is 0. The van der Waals surface area contributed by atoms with E-state index in [1.54, 1.807) is 0 Å². The standard InChI is InChI=1S/C17H28N2/c1-6-16-11-19(17(4,5)12-18-16)10-15-9-13(2)7-8-14(15)3/h7-9,16,18H,6,10-12H2,1-5H3. The van der Waals surface area contributed by atoms with Gasteiger partial charge in [-0.2, -0.15) is 0 Å². The molecule has 1 aliphatic rings. The average molecular weight is 260 g/mol. The maximum atomic E-state index is 3.66. The molecular weight excluding hydrogens is 232 g/mol. The van der Waals surface area contributed by atoms with Crippen molar-refractivity contribution >= 4 is 0 Å². The van der Waals surface area contributed by atoms with E-state index in [-0.39, 0.29) is 5.54 Å². The summed E-state index contributed by atoms with van der Waals surface area (Å²) in [5.74, 6) is 0. The highest BCUT2D eigenvalue weighted by Crippen LogP contribution is 2.23. The Morgan fingerprint density at radius 2 is 2.05 bits per heavy atom. The van der Waals surface area contributed by atoms with Crippen LogP contribution >= 0.6 is 0 Å². The molecule has 0 saturated carbocycles. The smallest absolute Gasteiger partial charge is 0.0281 e. The highest BCUT2D eigenvalue weighted by molar-refractivity contribution is 5.30. The Hall–Kier alpha value is -0.860. The summed E-state index contributed by atoms with van der Waals surface area (Å²) in [4.78, 5) is 2.64. The second-order valence-corrected chi connectivity index (χ2v) is 6.61. The molecular formula is C17H28N2. The van der Waals surface area contributed by atoms with Gasteiger partial charge in [0.05, 0.1) is 0 Å². The maximum Gasteiger partial charge on any atom is 0.0281 e. The van der Waals surface area contributed by atoms with E-state index in [0.29, 0.717) is 6.04 Å². The second kappa shape index (κ2) is 5.64. The molecule has 0 amide bonds. The predicted octanol–water partition coefficient (Wildman–Crippen LogP) is 3.27. The summed E-state index contributed by atoms with van der Waals surface area (Å²) in [6, 6.07) is 7.43. The Balaban J connectivity index is 2.17. The van der Waals surface area contributed by atoms with E-state index >= 15 is 0 Å². The second-order valence-electron chi connectivity index (χ2n) is 6.61. The zero-order chi connectivity index (χ0) is 14.0. The van der Waals surface area contributed by atoms with Gasteiger partial charge < -0.3 is 5.32 Å². The third kappa shape index (κ3) is 3.37. The van der Waals surface area contributed by atoms with E-state index < -0.39 is 0 Å². The summed E-state index contributed by atoms with van der Waals surface area (Å²) < 4.78 is 0. The molecule has 0 bridgehead atoms. The summed E-state index contributed by atoms with van der Waals surface area (Å²) in [6.45, 7) is 14.7. The molecule has 1 aromatic carbocycles. The van der Waals surface area contributed by atoms with Crippen LogP contribution < -0.4 is 5.32 Å². The van der Waals surface area contributed by atoms with E-state index in [1.807, 2.05) is 0 Å². The predicted molar refractivity (Wildman–Crippen MR) is 82.5 cm³/mol. The lowest BCUT2D eigenvalue weighted by Gasteiger charge is -2.46. The minimum atomic E-state index is 0.238. The number of rotatable bonds is 3. The van der Waals surface area contributed by atoms with Crippen LogP contribution in [0.3, 0.4) is 0 Å². The van der Waals surface area contributed by atoms with Crippen LogP contribution in [0.1, 0.15) is 43.9 Å². The molecule has 0 aromatic heterocycles. The first-order valence-corrected chi connectivity index (χ1v) is 7.47. The molecule has 2 nitrogen and oxygen atoms in total. The molecule has 2 rings (SSSR count). The van der Waals surface area contributed by atoms with Gasteiger partial charge in [-0.25, -0.2) is 0 Å². The number of piperazine rings is 1. The molecule has 106 valence electrons. The lowest BCUT2D eigenvalue weighted by atomic mass is 9.94. The summed E-state index contributed by atoms with van der Waals surface area (Å²) in [5, 5.41) is 3.66. The molecule has 1 aromatic rings. The molecule has 1 saturated heterocycles. The summed E-state index contributed by atoms with van der Waals surface area (Å²) in [5.41, 5.74) is 4.49. The molecule has 0 aliphatic carbocycles. The zero-order valence-electron chi connectivity index (χ0n) is 13.1. The largest absolute Gasteiger partial charge is 0.311 e. The highest BCUT2D eigenvalue weighted by atomic mass is 15.3. The van der Waals surface area contributed by atoms with Crippen LogP contribution in [-0.2, 0) is 6.54 Å². The van der Waals surface area contributed by atoms with Gasteiger partial charge in [-0.1, -0.05) is 30.7 Å². The molecule has 1 atom stereocenters. The van der Waals surface area contributed by atoms with Gasteiger partial charge in [0.25, 0.3) is 0 Å². The van der Waals surface area contributed by atoms with Crippen LogP contribution in [0.25, 0.3) is 0 Å². The molecule has 19 heavy (non-hydrogen) atoms. The number of hydrogen-bond acceptors (Lipinski definition) is 2. The Kier molecular flexibility index (Phi) is 4.32. The molecule has 1 N–H and O–H groups in total. The fraction of sp³-hybridized carbons (Fsp3) is 0.647. The van der Waals surface area contributed by atoms with E-state index in [2.05, 4.69) is 63.0 Å². The van der Waals surface area contributed by atoms with Gasteiger partial charge in [-0.05, 0) is 45.2 Å². The van der Waals surface area contributed by atoms with Gasteiger partial charge in [0.2, 0.25) is 0 Å². The molecule has 1 fully saturated rings. The number of aryl methyl sites for hydroxylation is 2. The first-order valence-electron chi connectivity index (χ1n) is 7.47. The van der Waals surface area contributed by atoms with Crippen molar-refractivity contribution < 1.29 is 0 Å². The van der Waals surface area contributed by atoms with E-state index in [0.717, 1.165) is 19.6 Å². The topological polar surface area (TPSA) is 15.3 Å². The van der Waals surface area contributed by atoms with Crippen LogP contribution in [0, 0.1) is 13.8 Å². The highest BCUT2D eigenvalue weighted by Gasteiger charge is 2.33. The van der Waals surface area contributed by atoms with Gasteiger partial charge in [0.15, 0.2) is 0 Å². The number of hydrogen-bond donors (Lipinski definition) is 1. The third-order valence-corrected chi connectivity index (χ3v) is 4.48. The third-order valence-electron chi connectivity index (χ3n) is 4.48. The minimum Gasteiger partial charge on any atom is -0.311 e. The Bertz CT molecular complexity index is 437. The molecule has 0 spiro atoms. The Labute approximate surface area is 118 Å². The average Bonchev–Trinajstić information content (AvgIpc) is 2.36. The lowest BCUT2D eigenvalue weighted by Crippen LogP contribution is -2.61. The van der Waals surface area contributed by atoms with Crippen LogP contribution in [-0.4, -0.2) is 29.6 Å². The van der Waals surface area contributed by atoms with Gasteiger partial charge in [-0.3, -0.25) is 4.90 Å². The first-order chi connectivity index (χ1) is 8.92. The van der Waals surface area contributed by atoms with Crippen molar-refractivity contribution in [3.8, 4) is 0 Å². The van der Waals surface area contributed by atoms with Gasteiger partial charge in [-0.15, -0.1) is 0 Å².